The van der Waals surface area contributed by atoms with E-state index in [2.05, 4.69) is 17.1 Å². The summed E-state index contributed by atoms with van der Waals surface area (Å²) in [6, 6.07) is 0. The Labute approximate surface area is 67.5 Å². The highest BCUT2D eigenvalue weighted by Gasteiger charge is 2.19. The Balaban J connectivity index is 2.37. The lowest BCUT2D eigenvalue weighted by atomic mass is 10.00. The molecule has 11 heavy (non-hydrogen) atoms. The highest BCUT2D eigenvalue weighted by molar-refractivity contribution is 6.05. The third kappa shape index (κ3) is 1.05. The molecule has 0 N–H and O–H groups in total. The molecule has 0 aromatic carbocycles. The first-order chi connectivity index (χ1) is 5.42. The number of nitrogens with zero attached hydrogens (tertiary/aromatic N) is 1. The predicted octanol–water partition coefficient (Wildman–Crippen LogP) is 2.50. The zero-order valence-electron chi connectivity index (χ0n) is 6.93. The summed E-state index contributed by atoms with van der Waals surface area (Å²) >= 11 is 0. The summed E-state index contributed by atoms with van der Waals surface area (Å²) in [5.41, 5.74) is 4.39. The second kappa shape index (κ2) is 2.65. The van der Waals surface area contributed by atoms with Crippen LogP contribution < -0.4 is 0 Å². The third-order valence-electron chi connectivity index (χ3n) is 2.52. The first-order valence-corrected chi connectivity index (χ1v) is 4.26. The Morgan fingerprint density at radius 2 is 2.18 bits per heavy atom. The quantitative estimate of drug-likeness (QED) is 0.499. The van der Waals surface area contributed by atoms with E-state index in [0.717, 1.165) is 0 Å². The van der Waals surface area contributed by atoms with Crippen LogP contribution in [0, 0.1) is 0 Å². The van der Waals surface area contributed by atoms with Crippen LogP contribution in [0.15, 0.2) is 28.3 Å². The number of hydrogen-bond donors (Lipinski definition) is 0. The smallest absolute Gasteiger partial charge is 0.0419 e. The van der Waals surface area contributed by atoms with Crippen LogP contribution in [0.5, 0.6) is 0 Å². The third-order valence-corrected chi connectivity index (χ3v) is 2.52. The van der Waals surface area contributed by atoms with Gasteiger partial charge in [0.2, 0.25) is 0 Å². The average Bonchev–Trinajstić information content (AvgIpc) is 2.47. The van der Waals surface area contributed by atoms with E-state index in [1.54, 1.807) is 5.57 Å². The Bertz CT molecular complexity index is 256. The zero-order valence-corrected chi connectivity index (χ0v) is 6.93. The van der Waals surface area contributed by atoms with Crippen molar-refractivity contribution in [1.82, 2.24) is 0 Å². The molecule has 0 radical (unpaired) electrons. The van der Waals surface area contributed by atoms with Crippen molar-refractivity contribution in [2.75, 3.05) is 7.05 Å². The topological polar surface area (TPSA) is 12.4 Å². The molecule has 0 aromatic rings. The SMILES string of the molecule is CN=C1CCC2=C1C=CCC2. The van der Waals surface area contributed by atoms with E-state index in [9.17, 15) is 0 Å². The maximum absolute atomic E-state index is 4.28. The minimum atomic E-state index is 1.17. The van der Waals surface area contributed by atoms with Gasteiger partial charge in [-0.15, -0.1) is 0 Å². The van der Waals surface area contributed by atoms with E-state index in [0.29, 0.717) is 0 Å². The molecular weight excluding hydrogens is 134 g/mol. The minimum Gasteiger partial charge on any atom is -0.292 e. The first kappa shape index (κ1) is 6.84. The van der Waals surface area contributed by atoms with Crippen molar-refractivity contribution in [2.45, 2.75) is 25.7 Å². The first-order valence-electron chi connectivity index (χ1n) is 4.26. The largest absolute Gasteiger partial charge is 0.292 e. The second-order valence-electron chi connectivity index (χ2n) is 3.13. The summed E-state index contributed by atoms with van der Waals surface area (Å²) in [4.78, 5) is 4.28. The lowest BCUT2D eigenvalue weighted by molar-refractivity contribution is 0.890. The van der Waals surface area contributed by atoms with E-state index < -0.39 is 0 Å². The van der Waals surface area contributed by atoms with Crippen LogP contribution in [-0.4, -0.2) is 12.8 Å². The molecule has 0 spiro atoms. The molecule has 1 nitrogen and oxygen atoms in total. The fourth-order valence-corrected chi connectivity index (χ4v) is 1.91. The van der Waals surface area contributed by atoms with Crippen molar-refractivity contribution >= 4 is 5.71 Å². The summed E-state index contributed by atoms with van der Waals surface area (Å²) in [5.74, 6) is 0. The van der Waals surface area contributed by atoms with Gasteiger partial charge in [-0.2, -0.15) is 0 Å². The van der Waals surface area contributed by atoms with Gasteiger partial charge in [0.1, 0.15) is 0 Å². The van der Waals surface area contributed by atoms with Gasteiger partial charge < -0.3 is 0 Å². The van der Waals surface area contributed by atoms with Gasteiger partial charge in [0.15, 0.2) is 0 Å². The molecular formula is C10H13N. The van der Waals surface area contributed by atoms with E-state index in [-0.39, 0.29) is 0 Å². The van der Waals surface area contributed by atoms with Crippen molar-refractivity contribution in [1.29, 1.82) is 0 Å². The fraction of sp³-hybridized carbons (Fsp3) is 0.500. The molecule has 0 atom stereocenters. The molecule has 0 heterocycles. The molecule has 58 valence electrons. The molecule has 0 unspecified atom stereocenters. The second-order valence-corrected chi connectivity index (χ2v) is 3.13. The molecule has 0 saturated carbocycles. The number of allylic oxidation sites excluding steroid dienone is 4. The van der Waals surface area contributed by atoms with Crippen LogP contribution in [0.3, 0.4) is 0 Å². The molecule has 0 aliphatic heterocycles. The van der Waals surface area contributed by atoms with Gasteiger partial charge in [0, 0.05) is 12.8 Å². The summed E-state index contributed by atoms with van der Waals surface area (Å²) in [6.45, 7) is 0. The van der Waals surface area contributed by atoms with E-state index in [4.69, 9.17) is 0 Å². The predicted molar refractivity (Wildman–Crippen MR) is 48.0 cm³/mol. The van der Waals surface area contributed by atoms with Crippen molar-refractivity contribution in [3.63, 3.8) is 0 Å². The van der Waals surface area contributed by atoms with Gasteiger partial charge >= 0.3 is 0 Å². The van der Waals surface area contributed by atoms with Crippen LogP contribution in [0.4, 0.5) is 0 Å². The lowest BCUT2D eigenvalue weighted by Gasteiger charge is -2.06. The van der Waals surface area contributed by atoms with Gasteiger partial charge in [0.25, 0.3) is 0 Å². The summed E-state index contributed by atoms with van der Waals surface area (Å²) in [6.07, 6.45) is 9.43. The van der Waals surface area contributed by atoms with Crippen LogP contribution >= 0.6 is 0 Å². The van der Waals surface area contributed by atoms with Crippen molar-refractivity contribution in [3.05, 3.63) is 23.3 Å². The summed E-state index contributed by atoms with van der Waals surface area (Å²) in [5, 5.41) is 0. The zero-order chi connectivity index (χ0) is 7.68. The maximum Gasteiger partial charge on any atom is 0.0419 e. The Morgan fingerprint density at radius 3 is 3.00 bits per heavy atom. The Morgan fingerprint density at radius 1 is 1.27 bits per heavy atom. The molecule has 0 saturated heterocycles. The molecule has 0 aromatic heterocycles. The molecule has 0 amide bonds. The molecule has 1 heteroatoms. The molecule has 0 fully saturated rings. The highest BCUT2D eigenvalue weighted by Crippen LogP contribution is 2.31. The summed E-state index contributed by atoms with van der Waals surface area (Å²) < 4.78 is 0. The summed E-state index contributed by atoms with van der Waals surface area (Å²) in [7, 11) is 1.90. The normalized spacial score (nSPS) is 26.5. The van der Waals surface area contributed by atoms with Crippen LogP contribution in [0.1, 0.15) is 25.7 Å². The number of hydrogen-bond acceptors (Lipinski definition) is 1. The Hall–Kier alpha value is -0.850. The number of rotatable bonds is 0. The lowest BCUT2D eigenvalue weighted by Crippen LogP contribution is -1.96. The average molecular weight is 147 g/mol. The fourth-order valence-electron chi connectivity index (χ4n) is 1.91. The standard InChI is InChI=1S/C10H13N/c1-11-10-7-6-8-4-2-3-5-9(8)10/h3,5H,2,4,6-7H2,1H3. The minimum absolute atomic E-state index is 1.17. The van der Waals surface area contributed by atoms with Crippen LogP contribution in [0.25, 0.3) is 0 Å². The maximum atomic E-state index is 4.28. The molecule has 2 aliphatic rings. The van der Waals surface area contributed by atoms with Gasteiger partial charge in [-0.05, 0) is 31.3 Å². The van der Waals surface area contributed by atoms with Gasteiger partial charge in [-0.1, -0.05) is 17.7 Å². The van der Waals surface area contributed by atoms with Gasteiger partial charge in [0.05, 0.1) is 0 Å². The van der Waals surface area contributed by atoms with Crippen molar-refractivity contribution in [3.8, 4) is 0 Å². The van der Waals surface area contributed by atoms with Crippen molar-refractivity contribution in [2.24, 2.45) is 4.99 Å². The van der Waals surface area contributed by atoms with Crippen LogP contribution in [-0.2, 0) is 0 Å². The monoisotopic (exact) mass is 147 g/mol. The van der Waals surface area contributed by atoms with E-state index in [1.807, 2.05) is 7.05 Å². The highest BCUT2D eigenvalue weighted by atomic mass is 14.7. The number of aliphatic imine (C=N–C) groups is 1. The molecule has 2 aliphatic carbocycles. The van der Waals surface area contributed by atoms with Crippen LogP contribution in [0.2, 0.25) is 0 Å². The van der Waals surface area contributed by atoms with Gasteiger partial charge in [-0.25, -0.2) is 0 Å². The molecule has 0 bridgehead atoms. The van der Waals surface area contributed by atoms with E-state index >= 15 is 0 Å². The Kier molecular flexibility index (Phi) is 1.65. The van der Waals surface area contributed by atoms with Gasteiger partial charge in [-0.3, -0.25) is 4.99 Å². The molecule has 2 rings (SSSR count). The van der Waals surface area contributed by atoms with Crippen molar-refractivity contribution < 1.29 is 0 Å². The van der Waals surface area contributed by atoms with E-state index in [1.165, 1.54) is 37.0 Å².